The van der Waals surface area contributed by atoms with Crippen LogP contribution in [0.1, 0.15) is 6.92 Å². The molecule has 0 N–H and O–H groups in total. The standard InChI is InChI=1S/C8H17O3PS2/c1-4-13-7-5-6-8-14-12(9,10-2)11-3/h5-6H,4,7-8H2,1-3H3/b6-5+. The van der Waals surface area contributed by atoms with Gasteiger partial charge in [0.05, 0.1) is 0 Å². The Hall–Kier alpha value is 0.590. The van der Waals surface area contributed by atoms with Crippen LogP contribution in [-0.2, 0) is 13.6 Å². The van der Waals surface area contributed by atoms with E-state index in [1.807, 2.05) is 17.8 Å². The normalized spacial score (nSPS) is 12.5. The Morgan fingerprint density at radius 1 is 1.21 bits per heavy atom. The van der Waals surface area contributed by atoms with Crippen molar-refractivity contribution in [2.24, 2.45) is 0 Å². The highest BCUT2D eigenvalue weighted by molar-refractivity contribution is 8.55. The molecule has 3 nitrogen and oxygen atoms in total. The molecule has 6 heteroatoms. The second-order valence-corrected chi connectivity index (χ2v) is 7.89. The van der Waals surface area contributed by atoms with Gasteiger partial charge in [-0.25, -0.2) is 4.57 Å². The summed E-state index contributed by atoms with van der Waals surface area (Å²) in [5.74, 6) is 2.77. The van der Waals surface area contributed by atoms with Gasteiger partial charge in [-0.15, -0.1) is 0 Å². The van der Waals surface area contributed by atoms with Crippen molar-refractivity contribution < 1.29 is 13.6 Å². The molecule has 0 saturated heterocycles. The molecule has 0 unspecified atom stereocenters. The van der Waals surface area contributed by atoms with Crippen LogP contribution in [0.25, 0.3) is 0 Å². The first-order chi connectivity index (χ1) is 6.68. The highest BCUT2D eigenvalue weighted by Crippen LogP contribution is 2.59. The van der Waals surface area contributed by atoms with E-state index >= 15 is 0 Å². The van der Waals surface area contributed by atoms with E-state index in [0.29, 0.717) is 5.75 Å². The molecule has 0 bridgehead atoms. The summed E-state index contributed by atoms with van der Waals surface area (Å²) in [6, 6.07) is 0. The summed E-state index contributed by atoms with van der Waals surface area (Å²) in [4.78, 5) is 0. The molecule has 84 valence electrons. The molecule has 0 amide bonds. The highest BCUT2D eigenvalue weighted by atomic mass is 32.7. The van der Waals surface area contributed by atoms with Crippen LogP contribution in [0.4, 0.5) is 0 Å². The Balaban J connectivity index is 3.61. The van der Waals surface area contributed by atoms with E-state index in [0.717, 1.165) is 11.5 Å². The first kappa shape index (κ1) is 14.6. The number of hydrogen-bond acceptors (Lipinski definition) is 5. The molecule has 0 radical (unpaired) electrons. The Kier molecular flexibility index (Phi) is 9.24. The molecular weight excluding hydrogens is 239 g/mol. The van der Waals surface area contributed by atoms with Gasteiger partial charge in [0, 0.05) is 25.7 Å². The number of rotatable bonds is 8. The summed E-state index contributed by atoms with van der Waals surface area (Å²) < 4.78 is 21.1. The summed E-state index contributed by atoms with van der Waals surface area (Å²) in [5, 5.41) is 0. The molecule has 0 aliphatic rings. The van der Waals surface area contributed by atoms with Gasteiger partial charge in [-0.1, -0.05) is 19.1 Å². The molecule has 0 spiro atoms. The second kappa shape index (κ2) is 8.86. The van der Waals surface area contributed by atoms with Gasteiger partial charge in [0.1, 0.15) is 0 Å². The number of thioether (sulfide) groups is 1. The summed E-state index contributed by atoms with van der Waals surface area (Å²) in [7, 11) is 2.79. The van der Waals surface area contributed by atoms with E-state index in [9.17, 15) is 4.57 Å². The minimum atomic E-state index is -2.88. The van der Waals surface area contributed by atoms with Crippen molar-refractivity contribution in [3.63, 3.8) is 0 Å². The lowest BCUT2D eigenvalue weighted by Gasteiger charge is -2.10. The predicted octanol–water partition coefficient (Wildman–Crippen LogP) is 3.43. The van der Waals surface area contributed by atoms with Crippen LogP contribution in [0.5, 0.6) is 0 Å². The van der Waals surface area contributed by atoms with Gasteiger partial charge < -0.3 is 9.05 Å². The maximum atomic E-state index is 11.5. The van der Waals surface area contributed by atoms with Crippen LogP contribution in [0.2, 0.25) is 0 Å². The van der Waals surface area contributed by atoms with E-state index in [-0.39, 0.29) is 0 Å². The van der Waals surface area contributed by atoms with E-state index in [4.69, 9.17) is 9.05 Å². The maximum absolute atomic E-state index is 11.5. The Labute approximate surface area is 94.3 Å². The lowest BCUT2D eigenvalue weighted by Crippen LogP contribution is -1.84. The molecule has 0 aromatic rings. The topological polar surface area (TPSA) is 35.5 Å². The van der Waals surface area contributed by atoms with Crippen LogP contribution < -0.4 is 0 Å². The fraction of sp³-hybridized carbons (Fsp3) is 0.750. The van der Waals surface area contributed by atoms with Crippen molar-refractivity contribution in [3.05, 3.63) is 12.2 Å². The monoisotopic (exact) mass is 256 g/mol. The third-order valence-corrected chi connectivity index (χ3v) is 6.04. The zero-order valence-electron chi connectivity index (χ0n) is 8.76. The minimum Gasteiger partial charge on any atom is -0.304 e. The second-order valence-electron chi connectivity index (χ2n) is 2.24. The van der Waals surface area contributed by atoms with Crippen LogP contribution in [0.3, 0.4) is 0 Å². The Morgan fingerprint density at radius 2 is 1.79 bits per heavy atom. The largest absolute Gasteiger partial charge is 0.388 e. The molecule has 0 rings (SSSR count). The lowest BCUT2D eigenvalue weighted by molar-refractivity contribution is 0.295. The smallest absolute Gasteiger partial charge is 0.304 e. The van der Waals surface area contributed by atoms with E-state index in [2.05, 4.69) is 13.0 Å². The van der Waals surface area contributed by atoms with Crippen molar-refractivity contribution in [1.29, 1.82) is 0 Å². The van der Waals surface area contributed by atoms with Gasteiger partial charge >= 0.3 is 6.80 Å². The van der Waals surface area contributed by atoms with Crippen molar-refractivity contribution in [1.82, 2.24) is 0 Å². The van der Waals surface area contributed by atoms with Gasteiger partial charge in [0.2, 0.25) is 0 Å². The highest BCUT2D eigenvalue weighted by Gasteiger charge is 2.20. The lowest BCUT2D eigenvalue weighted by atomic mass is 10.6. The predicted molar refractivity (Wildman–Crippen MR) is 66.2 cm³/mol. The molecule has 0 aliphatic heterocycles. The van der Waals surface area contributed by atoms with Crippen LogP contribution in [0, 0.1) is 0 Å². The summed E-state index contributed by atoms with van der Waals surface area (Å²) >= 11 is 3.05. The van der Waals surface area contributed by atoms with E-state index < -0.39 is 6.80 Å². The first-order valence-corrected chi connectivity index (χ1v) is 8.56. The average molecular weight is 256 g/mol. The van der Waals surface area contributed by atoms with Crippen molar-refractivity contribution in [3.8, 4) is 0 Å². The molecule has 0 aromatic heterocycles. The quantitative estimate of drug-likeness (QED) is 0.378. The Bertz CT molecular complexity index is 201. The molecule has 0 heterocycles. The van der Waals surface area contributed by atoms with Crippen molar-refractivity contribution >= 4 is 29.9 Å². The zero-order valence-corrected chi connectivity index (χ0v) is 11.3. The molecule has 0 saturated carbocycles. The van der Waals surface area contributed by atoms with Crippen LogP contribution >= 0.6 is 29.9 Å². The molecule has 0 fully saturated rings. The van der Waals surface area contributed by atoms with E-state index in [1.165, 1.54) is 25.6 Å². The number of hydrogen-bond donors (Lipinski definition) is 0. The van der Waals surface area contributed by atoms with E-state index in [1.54, 1.807) is 0 Å². The zero-order chi connectivity index (χ0) is 10.9. The average Bonchev–Trinajstić information content (AvgIpc) is 2.23. The van der Waals surface area contributed by atoms with Crippen LogP contribution in [-0.4, -0.2) is 31.5 Å². The molecule has 0 aliphatic carbocycles. The molecular formula is C8H17O3PS2. The summed E-state index contributed by atoms with van der Waals surface area (Å²) in [6.45, 7) is -0.756. The fourth-order valence-electron chi connectivity index (χ4n) is 0.636. The maximum Gasteiger partial charge on any atom is 0.388 e. The Morgan fingerprint density at radius 3 is 2.29 bits per heavy atom. The van der Waals surface area contributed by atoms with Gasteiger partial charge in [-0.05, 0) is 17.1 Å². The molecule has 0 atom stereocenters. The van der Waals surface area contributed by atoms with Crippen LogP contribution in [0.15, 0.2) is 12.2 Å². The van der Waals surface area contributed by atoms with Gasteiger partial charge in [-0.2, -0.15) is 11.8 Å². The first-order valence-electron chi connectivity index (χ1n) is 4.27. The van der Waals surface area contributed by atoms with Gasteiger partial charge in [0.25, 0.3) is 0 Å². The van der Waals surface area contributed by atoms with Gasteiger partial charge in [-0.3, -0.25) is 0 Å². The van der Waals surface area contributed by atoms with Gasteiger partial charge in [0.15, 0.2) is 0 Å². The minimum absolute atomic E-state index is 0.656. The SMILES string of the molecule is CCSC/C=C/CSP(=O)(OC)OC. The summed E-state index contributed by atoms with van der Waals surface area (Å²) in [6.07, 6.45) is 4.05. The van der Waals surface area contributed by atoms with Crippen molar-refractivity contribution in [2.75, 3.05) is 31.5 Å². The fourth-order valence-corrected chi connectivity index (χ4v) is 3.35. The molecule has 14 heavy (non-hydrogen) atoms. The molecule has 0 aromatic carbocycles. The van der Waals surface area contributed by atoms with Crippen molar-refractivity contribution in [2.45, 2.75) is 6.92 Å². The summed E-state index contributed by atoms with van der Waals surface area (Å²) in [5.41, 5.74) is 0. The third kappa shape index (κ3) is 6.96. The third-order valence-electron chi connectivity index (χ3n) is 1.36.